The van der Waals surface area contributed by atoms with E-state index >= 15 is 0 Å². The minimum atomic E-state index is -4.87. The van der Waals surface area contributed by atoms with E-state index in [2.05, 4.69) is 5.10 Å². The summed E-state index contributed by atoms with van der Waals surface area (Å²) >= 11 is 5.98. The van der Waals surface area contributed by atoms with Gasteiger partial charge in [0.1, 0.15) is 0 Å². The Kier molecular flexibility index (Phi) is 8.72. The molecular weight excluding hydrogens is 549 g/mol. The number of halogens is 4. The predicted octanol–water partition coefficient (Wildman–Crippen LogP) is 5.49. The zero-order valence-electron chi connectivity index (χ0n) is 22.1. The van der Waals surface area contributed by atoms with Gasteiger partial charge in [0.05, 0.1) is 23.7 Å². The Bertz CT molecular complexity index is 1440. The highest BCUT2D eigenvalue weighted by Crippen LogP contribution is 2.39. The molecule has 1 aromatic carbocycles. The van der Waals surface area contributed by atoms with Crippen molar-refractivity contribution in [1.82, 2.24) is 19.2 Å². The fraction of sp³-hybridized carbons (Fsp3) is 0.429. The fourth-order valence-corrected chi connectivity index (χ4v) is 5.41. The van der Waals surface area contributed by atoms with Gasteiger partial charge in [-0.3, -0.25) is 19.1 Å². The number of carboxylic acids is 1. The van der Waals surface area contributed by atoms with E-state index in [1.54, 1.807) is 38.1 Å². The van der Waals surface area contributed by atoms with Gasteiger partial charge in [0.25, 0.3) is 11.5 Å². The summed E-state index contributed by atoms with van der Waals surface area (Å²) in [4.78, 5) is 38.9. The van der Waals surface area contributed by atoms with Crippen LogP contribution in [0.15, 0.2) is 47.4 Å². The number of benzene rings is 1. The number of alkyl halides is 3. The minimum absolute atomic E-state index is 0.0120. The van der Waals surface area contributed by atoms with Gasteiger partial charge >= 0.3 is 12.1 Å². The number of pyridine rings is 1. The number of carbonyl (C=O) groups is 2. The third kappa shape index (κ3) is 6.57. The summed E-state index contributed by atoms with van der Waals surface area (Å²) in [5.74, 6) is -2.44. The molecule has 1 amide bonds. The van der Waals surface area contributed by atoms with Gasteiger partial charge in [-0.1, -0.05) is 23.7 Å². The minimum Gasteiger partial charge on any atom is -0.481 e. The lowest BCUT2D eigenvalue weighted by molar-refractivity contribution is -0.147. The van der Waals surface area contributed by atoms with E-state index in [-0.39, 0.29) is 50.9 Å². The van der Waals surface area contributed by atoms with Crippen LogP contribution in [-0.2, 0) is 24.1 Å². The number of carboxylic acid groups (broad SMARTS) is 1. The number of aryl methyl sites for hydroxylation is 2. The zero-order valence-corrected chi connectivity index (χ0v) is 22.9. The lowest BCUT2D eigenvalue weighted by atomic mass is 9.86. The van der Waals surface area contributed by atoms with Crippen LogP contribution in [0.5, 0.6) is 0 Å². The maximum absolute atomic E-state index is 14.4. The molecule has 3 aromatic rings. The molecule has 0 saturated heterocycles. The maximum Gasteiger partial charge on any atom is 0.433 e. The van der Waals surface area contributed by atoms with Crippen molar-refractivity contribution >= 4 is 23.5 Å². The number of carbonyl (C=O) groups excluding carboxylic acids is 1. The average Bonchev–Trinajstić information content (AvgIpc) is 3.34. The molecule has 12 heteroatoms. The van der Waals surface area contributed by atoms with E-state index in [1.165, 1.54) is 15.5 Å². The first kappa shape index (κ1) is 29.4. The van der Waals surface area contributed by atoms with E-state index in [1.807, 2.05) is 6.07 Å². The molecule has 0 bridgehead atoms. The van der Waals surface area contributed by atoms with Crippen LogP contribution in [-0.4, -0.2) is 42.8 Å². The van der Waals surface area contributed by atoms with E-state index in [4.69, 9.17) is 11.6 Å². The molecule has 8 nitrogen and oxygen atoms in total. The van der Waals surface area contributed by atoms with Gasteiger partial charge in [-0.15, -0.1) is 0 Å². The summed E-state index contributed by atoms with van der Waals surface area (Å²) < 4.78 is 45.5. The number of aromatic nitrogens is 3. The molecule has 40 heavy (non-hydrogen) atoms. The smallest absolute Gasteiger partial charge is 0.433 e. The Morgan fingerprint density at radius 3 is 2.33 bits per heavy atom. The third-order valence-electron chi connectivity index (χ3n) is 7.33. The van der Waals surface area contributed by atoms with E-state index in [0.29, 0.717) is 16.3 Å². The highest BCUT2D eigenvalue weighted by Gasteiger charge is 2.43. The van der Waals surface area contributed by atoms with E-state index in [0.717, 1.165) is 16.4 Å². The first-order chi connectivity index (χ1) is 18.8. The molecule has 1 N–H and O–H groups in total. The molecule has 0 spiro atoms. The van der Waals surface area contributed by atoms with Crippen LogP contribution in [0.25, 0.3) is 0 Å². The molecule has 2 aromatic heterocycles. The standard InChI is InChI=1S/C28H30ClF3N4O4/c1-17-13-18(2)35(24(37)14-17)12-11-34(16-19-3-7-21(29)8-4-19)26(38)23-15-33-36(25(23)28(30,31)32)22-9-5-20(6-10-22)27(39)40/h3-4,7-8,13-15,20,22H,5-6,9-12,16H2,1-2H3,(H,39,40). The van der Waals surface area contributed by atoms with Crippen molar-refractivity contribution in [3.63, 3.8) is 0 Å². The van der Waals surface area contributed by atoms with Crippen LogP contribution in [0.2, 0.25) is 5.02 Å². The largest absolute Gasteiger partial charge is 0.481 e. The summed E-state index contributed by atoms with van der Waals surface area (Å²) in [7, 11) is 0. The van der Waals surface area contributed by atoms with Crippen LogP contribution in [0.3, 0.4) is 0 Å². The molecule has 0 atom stereocenters. The zero-order chi connectivity index (χ0) is 29.2. The van der Waals surface area contributed by atoms with Crippen molar-refractivity contribution in [3.05, 3.63) is 86.0 Å². The number of hydrogen-bond donors (Lipinski definition) is 1. The average molecular weight is 579 g/mol. The molecule has 214 valence electrons. The molecule has 0 unspecified atom stereocenters. The van der Waals surface area contributed by atoms with Crippen LogP contribution >= 0.6 is 11.6 Å². The molecule has 1 aliphatic carbocycles. The first-order valence-corrected chi connectivity index (χ1v) is 13.3. The summed E-state index contributed by atoms with van der Waals surface area (Å²) in [5.41, 5.74) is 0.101. The highest BCUT2D eigenvalue weighted by atomic mass is 35.5. The van der Waals surface area contributed by atoms with Crippen molar-refractivity contribution in [2.75, 3.05) is 6.54 Å². The fourth-order valence-electron chi connectivity index (χ4n) is 5.28. The number of nitrogens with zero attached hydrogens (tertiary/aromatic N) is 4. The van der Waals surface area contributed by atoms with Gasteiger partial charge in [0.15, 0.2) is 5.69 Å². The van der Waals surface area contributed by atoms with Crippen molar-refractivity contribution in [2.24, 2.45) is 5.92 Å². The topological polar surface area (TPSA) is 97.4 Å². The molecular formula is C28H30ClF3N4O4. The Labute approximate surface area is 234 Å². The number of rotatable bonds is 8. The van der Waals surface area contributed by atoms with Crippen LogP contribution < -0.4 is 5.56 Å². The van der Waals surface area contributed by atoms with Gasteiger partial charge in [0.2, 0.25) is 0 Å². The van der Waals surface area contributed by atoms with Gasteiger partial charge in [-0.05, 0) is 68.9 Å². The normalized spacial score (nSPS) is 17.6. The molecule has 0 radical (unpaired) electrons. The second-order valence-corrected chi connectivity index (χ2v) is 10.6. The highest BCUT2D eigenvalue weighted by molar-refractivity contribution is 6.30. The molecule has 1 saturated carbocycles. The summed E-state index contributed by atoms with van der Waals surface area (Å²) in [5, 5.41) is 13.7. The lowest BCUT2D eigenvalue weighted by Crippen LogP contribution is -2.37. The van der Waals surface area contributed by atoms with Crippen LogP contribution in [0, 0.1) is 19.8 Å². The van der Waals surface area contributed by atoms with Crippen LogP contribution in [0.1, 0.15) is 64.6 Å². The van der Waals surface area contributed by atoms with E-state index in [9.17, 15) is 32.7 Å². The van der Waals surface area contributed by atoms with Gasteiger partial charge in [-0.25, -0.2) is 0 Å². The van der Waals surface area contributed by atoms with Crippen molar-refractivity contribution in [1.29, 1.82) is 0 Å². The molecule has 0 aliphatic heterocycles. The van der Waals surface area contributed by atoms with Gasteiger partial charge < -0.3 is 14.6 Å². The van der Waals surface area contributed by atoms with Gasteiger partial charge in [-0.2, -0.15) is 18.3 Å². The summed E-state index contributed by atoms with van der Waals surface area (Å²) in [6.07, 6.45) is -3.06. The summed E-state index contributed by atoms with van der Waals surface area (Å²) in [6.45, 7) is 3.59. The van der Waals surface area contributed by atoms with Crippen LogP contribution in [0.4, 0.5) is 13.2 Å². The number of hydrogen-bond acceptors (Lipinski definition) is 4. The third-order valence-corrected chi connectivity index (χ3v) is 7.59. The molecule has 4 rings (SSSR count). The Hall–Kier alpha value is -3.60. The van der Waals surface area contributed by atoms with Crippen molar-refractivity contribution < 1.29 is 27.9 Å². The lowest BCUT2D eigenvalue weighted by Gasteiger charge is -2.28. The summed E-state index contributed by atoms with van der Waals surface area (Å²) in [6, 6.07) is 9.22. The monoisotopic (exact) mass is 578 g/mol. The predicted molar refractivity (Wildman–Crippen MR) is 142 cm³/mol. The second-order valence-electron chi connectivity index (χ2n) is 10.2. The Morgan fingerprint density at radius 2 is 1.75 bits per heavy atom. The quantitative estimate of drug-likeness (QED) is 0.381. The SMILES string of the molecule is Cc1cc(C)n(CCN(Cc2ccc(Cl)cc2)C(=O)c2cnn(C3CCC(C(=O)O)CC3)c2C(F)(F)F)c(=O)c1. The second kappa shape index (κ2) is 11.9. The first-order valence-electron chi connectivity index (χ1n) is 12.9. The molecule has 2 heterocycles. The number of aliphatic carboxylic acids is 1. The Morgan fingerprint density at radius 1 is 1.10 bits per heavy atom. The molecule has 1 fully saturated rings. The maximum atomic E-state index is 14.4. The number of amides is 1. The van der Waals surface area contributed by atoms with Crippen molar-refractivity contribution in [2.45, 2.75) is 64.8 Å². The van der Waals surface area contributed by atoms with E-state index < -0.39 is 41.3 Å². The Balaban J connectivity index is 1.67. The van der Waals surface area contributed by atoms with Crippen molar-refractivity contribution in [3.8, 4) is 0 Å². The van der Waals surface area contributed by atoms with Gasteiger partial charge in [0, 0.05) is 36.4 Å². The molecule has 1 aliphatic rings.